The van der Waals surface area contributed by atoms with Crippen LogP contribution < -0.4 is 0 Å². The predicted octanol–water partition coefficient (Wildman–Crippen LogP) is 3.84. The summed E-state index contributed by atoms with van der Waals surface area (Å²) in [5, 5.41) is 16.0. The number of rotatable bonds is 5. The van der Waals surface area contributed by atoms with Crippen LogP contribution in [0.5, 0.6) is 0 Å². The van der Waals surface area contributed by atoms with Crippen LogP contribution in [-0.2, 0) is 14.6 Å². The molecule has 2 aliphatic rings. The zero-order chi connectivity index (χ0) is 24.7. The molecule has 1 aromatic heterocycles. The quantitative estimate of drug-likeness (QED) is 0.213. The number of amides is 1. The van der Waals surface area contributed by atoms with Gasteiger partial charge in [0.25, 0.3) is 11.6 Å². The van der Waals surface area contributed by atoms with Crippen molar-refractivity contribution in [3.8, 4) is 16.9 Å². The minimum atomic E-state index is -3.19. The number of nitrogens with zero attached hydrogens (tertiary/aromatic N) is 4. The van der Waals surface area contributed by atoms with Gasteiger partial charge in [-0.2, -0.15) is 5.10 Å². The van der Waals surface area contributed by atoms with Gasteiger partial charge < -0.3 is 0 Å². The first-order valence-corrected chi connectivity index (χ1v) is 13.6. The zero-order valence-corrected chi connectivity index (χ0v) is 20.6. The summed E-state index contributed by atoms with van der Waals surface area (Å²) in [6.07, 6.45) is 3.76. The summed E-state index contributed by atoms with van der Waals surface area (Å²) in [5.74, 6) is -0.411. The summed E-state index contributed by atoms with van der Waals surface area (Å²) < 4.78 is 25.8. The Labute approximate surface area is 210 Å². The molecule has 5 rings (SSSR count). The summed E-state index contributed by atoms with van der Waals surface area (Å²) in [7, 11) is -3.19. The molecule has 1 unspecified atom stereocenters. The number of nitro benzene ring substituents is 1. The highest BCUT2D eigenvalue weighted by atomic mass is 32.2. The number of thioether (sulfide) groups is 1. The Kier molecular flexibility index (Phi) is 6.03. The standard InChI is InChI=1S/C23H18N4O5S3/c28-22-20(34-23(33)26(22)19-9-10-35(31,32)14-19)12-16-13-25(17-6-2-1-3-7-17)24-21(16)15-5-4-8-18(11-15)27(29)30/h1-8,11-13,19H,9-10,14H2. The van der Waals surface area contributed by atoms with Crippen LogP contribution in [0.15, 0.2) is 65.7 Å². The van der Waals surface area contributed by atoms with Crippen molar-refractivity contribution in [1.82, 2.24) is 14.7 Å². The first-order chi connectivity index (χ1) is 16.7. The Hall–Kier alpha value is -3.35. The molecule has 0 aliphatic carbocycles. The Balaban J connectivity index is 1.57. The molecule has 9 nitrogen and oxygen atoms in total. The number of carbonyl (C=O) groups excluding carboxylic acids is 1. The first-order valence-electron chi connectivity index (χ1n) is 10.6. The molecule has 0 bridgehead atoms. The fourth-order valence-electron chi connectivity index (χ4n) is 4.11. The van der Waals surface area contributed by atoms with E-state index in [0.717, 1.165) is 17.4 Å². The number of aromatic nitrogens is 2. The Morgan fingerprint density at radius 1 is 1.17 bits per heavy atom. The van der Waals surface area contributed by atoms with Crippen LogP contribution in [0.25, 0.3) is 23.0 Å². The van der Waals surface area contributed by atoms with Crippen LogP contribution in [-0.4, -0.2) is 55.8 Å². The monoisotopic (exact) mass is 526 g/mol. The lowest BCUT2D eigenvalue weighted by molar-refractivity contribution is -0.384. The van der Waals surface area contributed by atoms with Gasteiger partial charge in [-0.15, -0.1) is 0 Å². The maximum Gasteiger partial charge on any atom is 0.270 e. The summed E-state index contributed by atoms with van der Waals surface area (Å²) >= 11 is 6.52. The van der Waals surface area contributed by atoms with Gasteiger partial charge in [-0.25, -0.2) is 13.1 Å². The minimum absolute atomic E-state index is 0.0363. The molecule has 1 atom stereocenters. The van der Waals surface area contributed by atoms with Gasteiger partial charge in [-0.3, -0.25) is 19.8 Å². The molecule has 3 aromatic rings. The van der Waals surface area contributed by atoms with Crippen LogP contribution in [0.1, 0.15) is 12.0 Å². The molecule has 0 radical (unpaired) electrons. The molecular weight excluding hydrogens is 508 g/mol. The lowest BCUT2D eigenvalue weighted by Gasteiger charge is -2.20. The van der Waals surface area contributed by atoms with Crippen molar-refractivity contribution in [3.05, 3.63) is 81.4 Å². The molecule has 1 amide bonds. The number of hydrogen-bond donors (Lipinski definition) is 0. The molecule has 3 heterocycles. The van der Waals surface area contributed by atoms with E-state index in [9.17, 15) is 23.3 Å². The van der Waals surface area contributed by atoms with Gasteiger partial charge in [0.05, 0.1) is 33.1 Å². The smallest absolute Gasteiger partial charge is 0.270 e. The maximum atomic E-state index is 13.2. The molecule has 35 heavy (non-hydrogen) atoms. The predicted molar refractivity (Wildman–Crippen MR) is 138 cm³/mol. The Morgan fingerprint density at radius 2 is 1.94 bits per heavy atom. The van der Waals surface area contributed by atoms with Gasteiger partial charge in [0.15, 0.2) is 9.84 Å². The van der Waals surface area contributed by atoms with Crippen molar-refractivity contribution in [2.75, 3.05) is 11.5 Å². The number of thiocarbonyl (C=S) groups is 1. The van der Waals surface area contributed by atoms with Crippen LogP contribution in [0.2, 0.25) is 0 Å². The third kappa shape index (κ3) is 4.64. The van der Waals surface area contributed by atoms with Crippen molar-refractivity contribution in [2.45, 2.75) is 12.5 Å². The molecule has 0 N–H and O–H groups in total. The highest BCUT2D eigenvalue weighted by molar-refractivity contribution is 8.26. The summed E-state index contributed by atoms with van der Waals surface area (Å²) in [5.41, 5.74) is 2.27. The first kappa shape index (κ1) is 23.4. The molecule has 0 spiro atoms. The molecule has 12 heteroatoms. The zero-order valence-electron chi connectivity index (χ0n) is 18.1. The molecule has 2 saturated heterocycles. The largest absolute Gasteiger partial charge is 0.289 e. The fourth-order valence-corrected chi connectivity index (χ4v) is 7.20. The molecule has 2 aromatic carbocycles. The van der Waals surface area contributed by atoms with E-state index in [4.69, 9.17) is 12.2 Å². The van der Waals surface area contributed by atoms with E-state index in [1.165, 1.54) is 17.0 Å². The highest BCUT2D eigenvalue weighted by Crippen LogP contribution is 2.38. The number of sulfone groups is 1. The number of non-ortho nitro benzene ring substituents is 1. The van der Waals surface area contributed by atoms with E-state index in [1.807, 2.05) is 30.3 Å². The lowest BCUT2D eigenvalue weighted by Crippen LogP contribution is -2.39. The van der Waals surface area contributed by atoms with Crippen LogP contribution in [0, 0.1) is 10.1 Å². The van der Waals surface area contributed by atoms with Crippen molar-refractivity contribution in [2.24, 2.45) is 0 Å². The van der Waals surface area contributed by atoms with Crippen LogP contribution in [0.3, 0.4) is 0 Å². The van der Waals surface area contributed by atoms with E-state index in [1.54, 1.807) is 29.1 Å². The number of para-hydroxylation sites is 1. The van der Waals surface area contributed by atoms with E-state index in [2.05, 4.69) is 5.10 Å². The van der Waals surface area contributed by atoms with Gasteiger partial charge in [-0.05, 0) is 24.6 Å². The second-order valence-corrected chi connectivity index (χ2v) is 12.0. The molecule has 178 valence electrons. The fraction of sp³-hybridized carbons (Fsp3) is 0.174. The van der Waals surface area contributed by atoms with E-state index < -0.39 is 20.8 Å². The van der Waals surface area contributed by atoms with Gasteiger partial charge in [-0.1, -0.05) is 54.3 Å². The van der Waals surface area contributed by atoms with Crippen molar-refractivity contribution >= 4 is 55.8 Å². The lowest BCUT2D eigenvalue weighted by atomic mass is 10.1. The summed E-state index contributed by atoms with van der Waals surface area (Å²) in [4.78, 5) is 25.8. The Morgan fingerprint density at radius 3 is 2.63 bits per heavy atom. The van der Waals surface area contributed by atoms with Crippen molar-refractivity contribution in [1.29, 1.82) is 0 Å². The number of carbonyl (C=O) groups is 1. The maximum absolute atomic E-state index is 13.2. The third-order valence-electron chi connectivity index (χ3n) is 5.78. The van der Waals surface area contributed by atoms with Gasteiger partial charge in [0, 0.05) is 29.5 Å². The van der Waals surface area contributed by atoms with E-state index >= 15 is 0 Å². The number of nitro groups is 1. The highest BCUT2D eigenvalue weighted by Gasteiger charge is 2.42. The number of benzene rings is 2. The molecule has 2 aliphatic heterocycles. The van der Waals surface area contributed by atoms with Crippen LogP contribution in [0.4, 0.5) is 5.69 Å². The average Bonchev–Trinajstić information content (AvgIpc) is 3.49. The minimum Gasteiger partial charge on any atom is -0.289 e. The van der Waals surface area contributed by atoms with Gasteiger partial charge >= 0.3 is 0 Å². The summed E-state index contributed by atoms with van der Waals surface area (Å²) in [6.45, 7) is 0. The molecule has 0 saturated carbocycles. The topological polar surface area (TPSA) is 115 Å². The molecule has 2 fully saturated rings. The second-order valence-electron chi connectivity index (χ2n) is 8.13. The van der Waals surface area contributed by atoms with E-state index in [-0.39, 0.29) is 23.1 Å². The van der Waals surface area contributed by atoms with Crippen molar-refractivity contribution < 1.29 is 18.1 Å². The average molecular weight is 527 g/mol. The van der Waals surface area contributed by atoms with Gasteiger partial charge in [0.1, 0.15) is 10.0 Å². The van der Waals surface area contributed by atoms with E-state index in [0.29, 0.717) is 32.5 Å². The normalized spacial score (nSPS) is 20.6. The third-order valence-corrected chi connectivity index (χ3v) is 8.86. The van der Waals surface area contributed by atoms with Crippen molar-refractivity contribution in [3.63, 3.8) is 0 Å². The summed E-state index contributed by atoms with van der Waals surface area (Å²) in [6, 6.07) is 15.0. The van der Waals surface area contributed by atoms with Gasteiger partial charge in [0.2, 0.25) is 0 Å². The SMILES string of the molecule is O=C1C(=Cc2cn(-c3ccccc3)nc2-c2cccc([N+](=O)[O-])c2)SC(=S)N1C1CCS(=O)(=O)C1. The Bertz CT molecular complexity index is 1500. The second kappa shape index (κ2) is 9.02. The molecular formula is C23H18N4O5S3. The van der Waals surface area contributed by atoms with Crippen LogP contribution >= 0.6 is 24.0 Å². The number of hydrogen-bond acceptors (Lipinski definition) is 8.